The summed E-state index contributed by atoms with van der Waals surface area (Å²) in [6.07, 6.45) is 10.9. The molecule has 1 fully saturated rings. The smallest absolute Gasteiger partial charge is 0.110 e. The summed E-state index contributed by atoms with van der Waals surface area (Å²) in [4.78, 5) is 4.41. The SMILES string of the molecule is CCCn1ccnc1CC(N)CCC1CCCO1. The molecule has 102 valence electrons. The molecule has 1 aromatic rings. The fourth-order valence-electron chi connectivity index (χ4n) is 2.58. The molecule has 2 unspecified atom stereocenters. The third kappa shape index (κ3) is 3.82. The standard InChI is InChI=1S/C14H25N3O/c1-2-8-17-9-7-16-14(17)11-12(15)5-6-13-4-3-10-18-13/h7,9,12-13H,2-6,8,10-11,15H2,1H3. The minimum absolute atomic E-state index is 0.201. The minimum atomic E-state index is 0.201. The molecular weight excluding hydrogens is 226 g/mol. The van der Waals surface area contributed by atoms with Crippen LogP contribution < -0.4 is 5.73 Å². The van der Waals surface area contributed by atoms with Crippen molar-refractivity contribution < 1.29 is 4.74 Å². The van der Waals surface area contributed by atoms with Crippen LogP contribution in [-0.4, -0.2) is 28.3 Å². The zero-order chi connectivity index (χ0) is 12.8. The van der Waals surface area contributed by atoms with Gasteiger partial charge in [0.15, 0.2) is 0 Å². The monoisotopic (exact) mass is 251 g/mol. The Hall–Kier alpha value is -0.870. The van der Waals surface area contributed by atoms with Gasteiger partial charge in [0.05, 0.1) is 6.10 Å². The molecule has 2 N–H and O–H groups in total. The first-order chi connectivity index (χ1) is 8.79. The van der Waals surface area contributed by atoms with Crippen LogP contribution in [0.15, 0.2) is 12.4 Å². The number of imidazole rings is 1. The molecule has 2 atom stereocenters. The number of nitrogens with two attached hydrogens (primary N) is 1. The molecule has 0 aliphatic carbocycles. The molecule has 0 bridgehead atoms. The summed E-state index contributed by atoms with van der Waals surface area (Å²) in [6, 6.07) is 0.201. The van der Waals surface area contributed by atoms with Gasteiger partial charge in [-0.3, -0.25) is 0 Å². The van der Waals surface area contributed by atoms with E-state index < -0.39 is 0 Å². The van der Waals surface area contributed by atoms with Crippen LogP contribution >= 0.6 is 0 Å². The number of aryl methyl sites for hydroxylation is 1. The number of ether oxygens (including phenoxy) is 1. The zero-order valence-electron chi connectivity index (χ0n) is 11.3. The molecule has 4 nitrogen and oxygen atoms in total. The van der Waals surface area contributed by atoms with E-state index in [1.165, 1.54) is 12.8 Å². The van der Waals surface area contributed by atoms with Crippen LogP contribution in [0.2, 0.25) is 0 Å². The highest BCUT2D eigenvalue weighted by Gasteiger charge is 2.17. The first kappa shape index (κ1) is 13.6. The lowest BCUT2D eigenvalue weighted by Gasteiger charge is -2.15. The topological polar surface area (TPSA) is 53.1 Å². The van der Waals surface area contributed by atoms with Crippen LogP contribution in [-0.2, 0) is 17.7 Å². The maximum Gasteiger partial charge on any atom is 0.110 e. The van der Waals surface area contributed by atoms with Crippen molar-refractivity contribution in [2.45, 2.75) is 64.1 Å². The summed E-state index contributed by atoms with van der Waals surface area (Å²) in [5.41, 5.74) is 6.20. The minimum Gasteiger partial charge on any atom is -0.378 e. The molecule has 0 spiro atoms. The first-order valence-electron chi connectivity index (χ1n) is 7.16. The van der Waals surface area contributed by atoms with Gasteiger partial charge in [-0.15, -0.1) is 0 Å². The Morgan fingerprint density at radius 1 is 1.61 bits per heavy atom. The van der Waals surface area contributed by atoms with Crippen molar-refractivity contribution in [1.82, 2.24) is 9.55 Å². The average Bonchev–Trinajstić information content (AvgIpc) is 2.99. The van der Waals surface area contributed by atoms with Gasteiger partial charge >= 0.3 is 0 Å². The summed E-state index contributed by atoms with van der Waals surface area (Å²) in [6.45, 7) is 4.15. The van der Waals surface area contributed by atoms with Crippen molar-refractivity contribution in [3.8, 4) is 0 Å². The molecular formula is C14H25N3O. The van der Waals surface area contributed by atoms with Crippen LogP contribution in [0.25, 0.3) is 0 Å². The van der Waals surface area contributed by atoms with E-state index >= 15 is 0 Å². The van der Waals surface area contributed by atoms with E-state index in [-0.39, 0.29) is 6.04 Å². The van der Waals surface area contributed by atoms with E-state index in [9.17, 15) is 0 Å². The van der Waals surface area contributed by atoms with Crippen molar-refractivity contribution in [3.63, 3.8) is 0 Å². The van der Waals surface area contributed by atoms with Gasteiger partial charge in [-0.25, -0.2) is 4.98 Å². The van der Waals surface area contributed by atoms with E-state index in [0.29, 0.717) is 6.10 Å². The summed E-state index contributed by atoms with van der Waals surface area (Å²) in [5.74, 6) is 1.12. The van der Waals surface area contributed by atoms with Crippen molar-refractivity contribution in [2.24, 2.45) is 5.73 Å². The Kier molecular flexibility index (Phi) is 5.20. The Labute approximate surface area is 110 Å². The van der Waals surface area contributed by atoms with Crippen molar-refractivity contribution >= 4 is 0 Å². The van der Waals surface area contributed by atoms with Crippen molar-refractivity contribution in [3.05, 3.63) is 18.2 Å². The normalized spacial score (nSPS) is 21.3. The highest BCUT2D eigenvalue weighted by molar-refractivity contribution is 4.95. The van der Waals surface area contributed by atoms with Crippen molar-refractivity contribution in [1.29, 1.82) is 0 Å². The van der Waals surface area contributed by atoms with Crippen LogP contribution in [0.3, 0.4) is 0 Å². The van der Waals surface area contributed by atoms with E-state index in [2.05, 4.69) is 16.5 Å². The summed E-state index contributed by atoms with van der Waals surface area (Å²) in [7, 11) is 0. The number of hydrogen-bond acceptors (Lipinski definition) is 3. The van der Waals surface area contributed by atoms with Gasteiger partial charge < -0.3 is 15.0 Å². The largest absolute Gasteiger partial charge is 0.378 e. The third-order valence-electron chi connectivity index (χ3n) is 3.59. The predicted molar refractivity (Wildman–Crippen MR) is 72.4 cm³/mol. The molecule has 1 aromatic heterocycles. The second kappa shape index (κ2) is 6.90. The first-order valence-corrected chi connectivity index (χ1v) is 7.16. The number of aromatic nitrogens is 2. The molecule has 4 heteroatoms. The quantitative estimate of drug-likeness (QED) is 0.807. The number of hydrogen-bond donors (Lipinski definition) is 1. The molecule has 0 saturated carbocycles. The van der Waals surface area contributed by atoms with E-state index in [1.54, 1.807) is 0 Å². The van der Waals surface area contributed by atoms with Crippen LogP contribution in [0.5, 0.6) is 0 Å². The Balaban J connectivity index is 1.75. The maximum atomic E-state index is 6.20. The third-order valence-corrected chi connectivity index (χ3v) is 3.59. The lowest BCUT2D eigenvalue weighted by molar-refractivity contribution is 0.101. The van der Waals surface area contributed by atoms with Gasteiger partial charge in [0.1, 0.15) is 5.82 Å². The number of rotatable bonds is 7. The summed E-state index contributed by atoms with van der Waals surface area (Å²) >= 11 is 0. The maximum absolute atomic E-state index is 6.20. The Morgan fingerprint density at radius 3 is 3.22 bits per heavy atom. The Bertz CT molecular complexity index is 345. The average molecular weight is 251 g/mol. The number of nitrogens with zero attached hydrogens (tertiary/aromatic N) is 2. The van der Waals surface area contributed by atoms with E-state index in [4.69, 9.17) is 10.5 Å². The highest BCUT2D eigenvalue weighted by atomic mass is 16.5. The molecule has 2 rings (SSSR count). The fraction of sp³-hybridized carbons (Fsp3) is 0.786. The van der Waals surface area contributed by atoms with E-state index in [0.717, 1.165) is 44.7 Å². The summed E-state index contributed by atoms with van der Waals surface area (Å²) in [5, 5.41) is 0. The van der Waals surface area contributed by atoms with Gasteiger partial charge in [-0.2, -0.15) is 0 Å². The molecule has 0 amide bonds. The van der Waals surface area contributed by atoms with Gasteiger partial charge in [0.25, 0.3) is 0 Å². The van der Waals surface area contributed by atoms with Gasteiger partial charge in [0.2, 0.25) is 0 Å². The van der Waals surface area contributed by atoms with Crippen LogP contribution in [0.1, 0.15) is 44.9 Å². The highest BCUT2D eigenvalue weighted by Crippen LogP contribution is 2.18. The Morgan fingerprint density at radius 2 is 2.50 bits per heavy atom. The second-order valence-corrected chi connectivity index (χ2v) is 5.21. The fourth-order valence-corrected chi connectivity index (χ4v) is 2.58. The van der Waals surface area contributed by atoms with Crippen LogP contribution in [0.4, 0.5) is 0 Å². The molecule has 0 aromatic carbocycles. The van der Waals surface area contributed by atoms with Crippen molar-refractivity contribution in [2.75, 3.05) is 6.61 Å². The molecule has 0 radical (unpaired) electrons. The van der Waals surface area contributed by atoms with Gasteiger partial charge in [0, 0.05) is 38.0 Å². The van der Waals surface area contributed by atoms with E-state index in [1.807, 2.05) is 12.4 Å². The van der Waals surface area contributed by atoms with Gasteiger partial charge in [-0.05, 0) is 32.1 Å². The van der Waals surface area contributed by atoms with Crippen LogP contribution in [0, 0.1) is 0 Å². The molecule has 18 heavy (non-hydrogen) atoms. The summed E-state index contributed by atoms with van der Waals surface area (Å²) < 4.78 is 7.84. The zero-order valence-corrected chi connectivity index (χ0v) is 11.3. The second-order valence-electron chi connectivity index (χ2n) is 5.21. The molecule has 1 saturated heterocycles. The molecule has 2 heterocycles. The molecule has 1 aliphatic rings. The predicted octanol–water partition coefficient (Wildman–Crippen LogP) is 2.12. The molecule has 1 aliphatic heterocycles. The lowest BCUT2D eigenvalue weighted by atomic mass is 10.0. The van der Waals surface area contributed by atoms with Gasteiger partial charge in [-0.1, -0.05) is 6.92 Å². The lowest BCUT2D eigenvalue weighted by Crippen LogP contribution is -2.26.